The van der Waals surface area contributed by atoms with Gasteiger partial charge in [0.15, 0.2) is 0 Å². The van der Waals surface area contributed by atoms with E-state index in [0.717, 1.165) is 5.56 Å². The molecule has 0 aromatic heterocycles. The number of methoxy groups -OCH3 is 1. The first kappa shape index (κ1) is 14.5. The van der Waals surface area contributed by atoms with E-state index in [0.29, 0.717) is 13.2 Å². The Morgan fingerprint density at radius 2 is 2.28 bits per heavy atom. The second-order valence-electron chi connectivity index (χ2n) is 4.05. The van der Waals surface area contributed by atoms with Crippen LogP contribution >= 0.6 is 0 Å². The van der Waals surface area contributed by atoms with Gasteiger partial charge in [0.25, 0.3) is 0 Å². The number of aromatic hydroxyl groups is 1. The molecule has 1 aromatic carbocycles. The average molecular weight is 252 g/mol. The number of benzene rings is 1. The van der Waals surface area contributed by atoms with Gasteiger partial charge in [0.2, 0.25) is 5.91 Å². The second-order valence-corrected chi connectivity index (χ2v) is 4.05. The Labute approximate surface area is 107 Å². The van der Waals surface area contributed by atoms with E-state index >= 15 is 0 Å². The molecule has 1 unspecified atom stereocenters. The summed E-state index contributed by atoms with van der Waals surface area (Å²) in [5.74, 6) is 0.119. The lowest BCUT2D eigenvalue weighted by atomic mass is 10.1. The average Bonchev–Trinajstić information content (AvgIpc) is 2.34. The zero-order chi connectivity index (χ0) is 13.4. The summed E-state index contributed by atoms with van der Waals surface area (Å²) < 4.78 is 4.87. The highest BCUT2D eigenvalue weighted by Gasteiger charge is 2.09. The van der Waals surface area contributed by atoms with Gasteiger partial charge in [-0.3, -0.25) is 4.79 Å². The van der Waals surface area contributed by atoms with Gasteiger partial charge in [-0.05, 0) is 24.6 Å². The van der Waals surface area contributed by atoms with Crippen molar-refractivity contribution in [3.05, 3.63) is 29.8 Å². The molecule has 5 heteroatoms. The molecule has 0 aliphatic rings. The third-order valence-electron chi connectivity index (χ3n) is 2.52. The van der Waals surface area contributed by atoms with Gasteiger partial charge in [-0.1, -0.05) is 12.1 Å². The van der Waals surface area contributed by atoms with Crippen LogP contribution in [0.5, 0.6) is 5.75 Å². The molecule has 0 saturated carbocycles. The van der Waals surface area contributed by atoms with Crippen LogP contribution in [0.1, 0.15) is 18.5 Å². The van der Waals surface area contributed by atoms with Crippen molar-refractivity contribution in [3.63, 3.8) is 0 Å². The fraction of sp³-hybridized carbons (Fsp3) is 0.462. The summed E-state index contributed by atoms with van der Waals surface area (Å²) in [6.45, 7) is 3.36. The Morgan fingerprint density at radius 1 is 1.50 bits per heavy atom. The Kier molecular flexibility index (Phi) is 6.18. The lowest BCUT2D eigenvalue weighted by molar-refractivity contribution is -0.120. The minimum absolute atomic E-state index is 0.0815. The summed E-state index contributed by atoms with van der Waals surface area (Å²) >= 11 is 0. The Balaban J connectivity index is 2.35. The topological polar surface area (TPSA) is 70.6 Å². The van der Waals surface area contributed by atoms with Crippen LogP contribution < -0.4 is 10.6 Å². The van der Waals surface area contributed by atoms with Crippen molar-refractivity contribution >= 4 is 5.91 Å². The molecular formula is C13H20N2O3. The molecule has 0 aliphatic carbocycles. The summed E-state index contributed by atoms with van der Waals surface area (Å²) in [6, 6.07) is 6.73. The molecule has 0 bridgehead atoms. The van der Waals surface area contributed by atoms with E-state index in [1.165, 1.54) is 0 Å². The summed E-state index contributed by atoms with van der Waals surface area (Å²) in [5, 5.41) is 15.2. The van der Waals surface area contributed by atoms with Crippen molar-refractivity contribution in [1.82, 2.24) is 10.6 Å². The number of hydrogen-bond donors (Lipinski definition) is 3. The van der Waals surface area contributed by atoms with Crippen LogP contribution in [0.15, 0.2) is 24.3 Å². The van der Waals surface area contributed by atoms with E-state index in [9.17, 15) is 9.90 Å². The first-order chi connectivity index (χ1) is 8.63. The molecule has 1 aromatic rings. The molecule has 0 aliphatic heterocycles. The molecule has 100 valence electrons. The predicted molar refractivity (Wildman–Crippen MR) is 69.4 cm³/mol. The van der Waals surface area contributed by atoms with Crippen LogP contribution in [0.2, 0.25) is 0 Å². The number of ether oxygens (including phenoxy) is 1. The monoisotopic (exact) mass is 252 g/mol. The van der Waals surface area contributed by atoms with Gasteiger partial charge in [-0.25, -0.2) is 0 Å². The van der Waals surface area contributed by atoms with Crippen molar-refractivity contribution in [3.8, 4) is 5.75 Å². The molecule has 1 amide bonds. The molecular weight excluding hydrogens is 232 g/mol. The maximum atomic E-state index is 11.6. The zero-order valence-electron chi connectivity index (χ0n) is 10.8. The van der Waals surface area contributed by atoms with Gasteiger partial charge in [-0.2, -0.15) is 0 Å². The predicted octanol–water partition coefficient (Wildman–Crippen LogP) is 0.805. The quantitative estimate of drug-likeness (QED) is 0.628. The van der Waals surface area contributed by atoms with Crippen molar-refractivity contribution < 1.29 is 14.6 Å². The smallest absolute Gasteiger partial charge is 0.234 e. The van der Waals surface area contributed by atoms with Gasteiger partial charge in [0, 0.05) is 13.7 Å². The largest absolute Gasteiger partial charge is 0.508 e. The molecule has 0 radical (unpaired) electrons. The first-order valence-electron chi connectivity index (χ1n) is 5.91. The number of hydrogen-bond acceptors (Lipinski definition) is 4. The highest BCUT2D eigenvalue weighted by molar-refractivity contribution is 5.78. The molecule has 0 heterocycles. The minimum Gasteiger partial charge on any atom is -0.508 e. The summed E-state index contributed by atoms with van der Waals surface area (Å²) in [4.78, 5) is 11.6. The maximum absolute atomic E-state index is 11.6. The van der Waals surface area contributed by atoms with Gasteiger partial charge >= 0.3 is 0 Å². The van der Waals surface area contributed by atoms with E-state index in [2.05, 4.69) is 10.6 Å². The van der Waals surface area contributed by atoms with Crippen LogP contribution in [0, 0.1) is 0 Å². The summed E-state index contributed by atoms with van der Waals surface area (Å²) in [6.07, 6.45) is 0. The van der Waals surface area contributed by atoms with E-state index in [1.807, 2.05) is 13.0 Å². The molecule has 0 fully saturated rings. The Bertz CT molecular complexity index is 382. The SMILES string of the molecule is COCCNCC(=O)NC(C)c1cccc(O)c1. The van der Waals surface area contributed by atoms with Gasteiger partial charge in [-0.15, -0.1) is 0 Å². The van der Waals surface area contributed by atoms with E-state index in [4.69, 9.17) is 4.74 Å². The molecule has 3 N–H and O–H groups in total. The van der Waals surface area contributed by atoms with Crippen LogP contribution in [0.25, 0.3) is 0 Å². The van der Waals surface area contributed by atoms with Crippen molar-refractivity contribution in [1.29, 1.82) is 0 Å². The Hall–Kier alpha value is -1.59. The molecule has 1 rings (SSSR count). The van der Waals surface area contributed by atoms with Crippen LogP contribution in [-0.2, 0) is 9.53 Å². The summed E-state index contributed by atoms with van der Waals surface area (Å²) in [7, 11) is 1.62. The normalized spacial score (nSPS) is 12.1. The molecule has 0 spiro atoms. The number of phenolic OH excluding ortho intramolecular Hbond substituents is 1. The molecule has 5 nitrogen and oxygen atoms in total. The van der Waals surface area contributed by atoms with Gasteiger partial charge < -0.3 is 20.5 Å². The zero-order valence-corrected chi connectivity index (χ0v) is 10.8. The lowest BCUT2D eigenvalue weighted by Crippen LogP contribution is -2.36. The van der Waals surface area contributed by atoms with Crippen LogP contribution in [0.3, 0.4) is 0 Å². The lowest BCUT2D eigenvalue weighted by Gasteiger charge is -2.14. The van der Waals surface area contributed by atoms with E-state index in [1.54, 1.807) is 25.3 Å². The number of phenols is 1. The standard InChI is InChI=1S/C13H20N2O3/c1-10(11-4-3-5-12(16)8-11)15-13(17)9-14-6-7-18-2/h3-5,8,10,14,16H,6-7,9H2,1-2H3,(H,15,17). The summed E-state index contributed by atoms with van der Waals surface area (Å²) in [5.41, 5.74) is 0.875. The minimum atomic E-state index is -0.131. The van der Waals surface area contributed by atoms with Gasteiger partial charge in [0.05, 0.1) is 19.2 Å². The van der Waals surface area contributed by atoms with E-state index in [-0.39, 0.29) is 24.2 Å². The molecule has 18 heavy (non-hydrogen) atoms. The fourth-order valence-electron chi connectivity index (χ4n) is 1.55. The number of rotatable bonds is 7. The van der Waals surface area contributed by atoms with Crippen molar-refractivity contribution in [2.24, 2.45) is 0 Å². The molecule has 0 saturated heterocycles. The number of nitrogens with one attached hydrogen (secondary N) is 2. The number of carbonyl (C=O) groups is 1. The fourth-order valence-corrected chi connectivity index (χ4v) is 1.55. The van der Waals surface area contributed by atoms with Crippen molar-refractivity contribution in [2.45, 2.75) is 13.0 Å². The third kappa shape index (κ3) is 5.16. The van der Waals surface area contributed by atoms with Crippen molar-refractivity contribution in [2.75, 3.05) is 26.8 Å². The maximum Gasteiger partial charge on any atom is 0.234 e. The second kappa shape index (κ2) is 7.68. The number of carbonyl (C=O) groups excluding carboxylic acids is 1. The molecule has 1 atom stereocenters. The van der Waals surface area contributed by atoms with Crippen LogP contribution in [0.4, 0.5) is 0 Å². The van der Waals surface area contributed by atoms with E-state index < -0.39 is 0 Å². The van der Waals surface area contributed by atoms with Gasteiger partial charge in [0.1, 0.15) is 5.75 Å². The highest BCUT2D eigenvalue weighted by atomic mass is 16.5. The first-order valence-corrected chi connectivity index (χ1v) is 5.91. The third-order valence-corrected chi connectivity index (χ3v) is 2.52. The highest BCUT2D eigenvalue weighted by Crippen LogP contribution is 2.17. The van der Waals surface area contributed by atoms with Crippen LogP contribution in [-0.4, -0.2) is 37.8 Å². The number of amides is 1. The Morgan fingerprint density at radius 3 is 2.94 bits per heavy atom.